The Morgan fingerprint density at radius 2 is 2.08 bits per heavy atom. The molecule has 3 N–H and O–H groups in total. The number of rotatable bonds is 3. The van der Waals surface area contributed by atoms with Crippen molar-refractivity contribution in [3.05, 3.63) is 28.7 Å². The van der Waals surface area contributed by atoms with E-state index in [2.05, 4.69) is 27.3 Å². The summed E-state index contributed by atoms with van der Waals surface area (Å²) in [7, 11) is 0. The summed E-state index contributed by atoms with van der Waals surface area (Å²) in [5.74, 6) is 0. The molecular weight excluding hydrogens is 228 g/mol. The minimum atomic E-state index is 0.184. The fourth-order valence-corrected chi connectivity index (χ4v) is 1.76. The zero-order valence-corrected chi connectivity index (χ0v) is 8.97. The van der Waals surface area contributed by atoms with Crippen molar-refractivity contribution in [3.63, 3.8) is 0 Å². The van der Waals surface area contributed by atoms with Gasteiger partial charge in [0.25, 0.3) is 0 Å². The minimum absolute atomic E-state index is 0.184. The molecule has 1 aliphatic rings. The summed E-state index contributed by atoms with van der Waals surface area (Å²) in [4.78, 5) is 0. The largest absolute Gasteiger partial charge is 0.377 e. The predicted molar refractivity (Wildman–Crippen MR) is 58.8 cm³/mol. The zero-order chi connectivity index (χ0) is 9.31. The van der Waals surface area contributed by atoms with Crippen molar-refractivity contribution in [1.29, 1.82) is 0 Å². The van der Waals surface area contributed by atoms with Gasteiger partial charge in [-0.2, -0.15) is 0 Å². The molecule has 1 aliphatic carbocycles. The Labute approximate surface area is 86.6 Å². The lowest BCUT2D eigenvalue weighted by molar-refractivity contribution is 0.741. The topological polar surface area (TPSA) is 38.0 Å². The smallest absolute Gasteiger partial charge is 0.0497 e. The van der Waals surface area contributed by atoms with Crippen LogP contribution in [0.25, 0.3) is 0 Å². The van der Waals surface area contributed by atoms with Gasteiger partial charge in [0.1, 0.15) is 0 Å². The predicted octanol–water partition coefficient (Wildman–Crippen LogP) is 2.35. The number of nitrogens with two attached hydrogens (primary N) is 1. The van der Waals surface area contributed by atoms with Crippen LogP contribution >= 0.6 is 15.9 Å². The average molecular weight is 241 g/mol. The molecule has 0 heterocycles. The van der Waals surface area contributed by atoms with Gasteiger partial charge >= 0.3 is 0 Å². The normalized spacial score (nSPS) is 18.3. The van der Waals surface area contributed by atoms with Crippen molar-refractivity contribution >= 4 is 21.6 Å². The van der Waals surface area contributed by atoms with E-state index in [1.54, 1.807) is 0 Å². The molecular formula is C10H13BrN2. The fourth-order valence-electron chi connectivity index (χ4n) is 1.38. The van der Waals surface area contributed by atoms with Crippen LogP contribution in [0.5, 0.6) is 0 Å². The van der Waals surface area contributed by atoms with Gasteiger partial charge in [-0.3, -0.25) is 0 Å². The van der Waals surface area contributed by atoms with Gasteiger partial charge in [0.05, 0.1) is 0 Å². The minimum Gasteiger partial charge on any atom is -0.377 e. The van der Waals surface area contributed by atoms with E-state index in [4.69, 9.17) is 5.73 Å². The molecule has 0 aromatic heterocycles. The molecule has 0 atom stereocenters. The molecule has 1 saturated carbocycles. The summed E-state index contributed by atoms with van der Waals surface area (Å²) in [5.41, 5.74) is 7.02. The monoisotopic (exact) mass is 240 g/mol. The van der Waals surface area contributed by atoms with Crippen molar-refractivity contribution in [2.45, 2.75) is 18.4 Å². The van der Waals surface area contributed by atoms with Gasteiger partial charge in [-0.15, -0.1) is 0 Å². The molecule has 0 bridgehead atoms. The Morgan fingerprint density at radius 3 is 2.62 bits per heavy atom. The van der Waals surface area contributed by atoms with Crippen LogP contribution in [0.2, 0.25) is 0 Å². The highest BCUT2D eigenvalue weighted by Gasteiger charge is 2.41. The lowest BCUT2D eigenvalue weighted by Crippen LogP contribution is -2.30. The van der Waals surface area contributed by atoms with E-state index < -0.39 is 0 Å². The van der Waals surface area contributed by atoms with E-state index >= 15 is 0 Å². The maximum atomic E-state index is 5.69. The van der Waals surface area contributed by atoms with Crippen molar-refractivity contribution in [2.75, 3.05) is 11.9 Å². The number of hydrogen-bond acceptors (Lipinski definition) is 2. The first-order chi connectivity index (χ1) is 6.26. The van der Waals surface area contributed by atoms with Gasteiger partial charge in [0, 0.05) is 22.2 Å². The Bertz CT molecular complexity index is 308. The third kappa shape index (κ3) is 1.86. The van der Waals surface area contributed by atoms with Crippen LogP contribution in [0.15, 0.2) is 28.7 Å². The first kappa shape index (κ1) is 9.03. The van der Waals surface area contributed by atoms with E-state index in [1.807, 2.05) is 18.2 Å². The van der Waals surface area contributed by atoms with Gasteiger partial charge in [0.2, 0.25) is 0 Å². The van der Waals surface area contributed by atoms with E-state index in [0.29, 0.717) is 6.54 Å². The lowest BCUT2D eigenvalue weighted by Gasteiger charge is -2.17. The van der Waals surface area contributed by atoms with Gasteiger partial charge in [0.15, 0.2) is 0 Å². The fraction of sp³-hybridized carbons (Fsp3) is 0.400. The summed E-state index contributed by atoms with van der Waals surface area (Å²) in [5, 5.41) is 3.48. The number of halogens is 1. The first-order valence-corrected chi connectivity index (χ1v) is 5.28. The molecule has 0 saturated heterocycles. The second-order valence-electron chi connectivity index (χ2n) is 3.59. The maximum absolute atomic E-state index is 5.69. The average Bonchev–Trinajstić information content (AvgIpc) is 2.90. The summed E-state index contributed by atoms with van der Waals surface area (Å²) >= 11 is 3.50. The van der Waals surface area contributed by atoms with Crippen LogP contribution in [0.4, 0.5) is 5.69 Å². The number of anilines is 1. The summed E-state index contributed by atoms with van der Waals surface area (Å²) < 4.78 is 1.11. The molecule has 0 amide bonds. The van der Waals surface area contributed by atoms with Gasteiger partial charge < -0.3 is 11.1 Å². The molecule has 0 aliphatic heterocycles. The van der Waals surface area contributed by atoms with E-state index in [1.165, 1.54) is 12.8 Å². The van der Waals surface area contributed by atoms with Crippen molar-refractivity contribution in [2.24, 2.45) is 5.73 Å². The highest BCUT2D eigenvalue weighted by atomic mass is 79.9. The van der Waals surface area contributed by atoms with Gasteiger partial charge in [-0.05, 0) is 40.9 Å². The van der Waals surface area contributed by atoms with Gasteiger partial charge in [-0.1, -0.05) is 12.1 Å². The molecule has 3 heteroatoms. The highest BCUT2D eigenvalue weighted by molar-refractivity contribution is 9.10. The van der Waals surface area contributed by atoms with Crippen LogP contribution in [0.1, 0.15) is 12.8 Å². The zero-order valence-electron chi connectivity index (χ0n) is 7.39. The summed E-state index contributed by atoms with van der Waals surface area (Å²) in [6.07, 6.45) is 2.37. The molecule has 1 fully saturated rings. The number of benzene rings is 1. The molecule has 70 valence electrons. The van der Waals surface area contributed by atoms with Crippen LogP contribution in [-0.2, 0) is 0 Å². The molecule has 2 rings (SSSR count). The maximum Gasteiger partial charge on any atom is 0.0497 e. The molecule has 2 nitrogen and oxygen atoms in total. The van der Waals surface area contributed by atoms with Crippen LogP contribution in [0.3, 0.4) is 0 Å². The Hall–Kier alpha value is -0.540. The van der Waals surface area contributed by atoms with Crippen molar-refractivity contribution in [1.82, 2.24) is 0 Å². The third-order valence-corrected chi connectivity index (χ3v) is 3.21. The van der Waals surface area contributed by atoms with E-state index in [-0.39, 0.29) is 5.54 Å². The molecule has 0 radical (unpaired) electrons. The second kappa shape index (κ2) is 3.31. The Balaban J connectivity index is 2.14. The molecule has 0 spiro atoms. The molecule has 1 aromatic rings. The number of hydrogen-bond donors (Lipinski definition) is 2. The first-order valence-electron chi connectivity index (χ1n) is 4.49. The molecule has 13 heavy (non-hydrogen) atoms. The van der Waals surface area contributed by atoms with Crippen molar-refractivity contribution in [3.8, 4) is 0 Å². The third-order valence-electron chi connectivity index (χ3n) is 2.52. The lowest BCUT2D eigenvalue weighted by atomic mass is 10.2. The van der Waals surface area contributed by atoms with Crippen molar-refractivity contribution < 1.29 is 0 Å². The van der Waals surface area contributed by atoms with E-state index in [9.17, 15) is 0 Å². The van der Waals surface area contributed by atoms with Crippen LogP contribution < -0.4 is 11.1 Å². The standard InChI is InChI=1S/C10H13BrN2/c11-8-3-1-2-4-9(8)13-10(7-12)5-6-10/h1-4,13H,5-7,12H2. The summed E-state index contributed by atoms with van der Waals surface area (Å²) in [6.45, 7) is 0.717. The Morgan fingerprint density at radius 1 is 1.38 bits per heavy atom. The quantitative estimate of drug-likeness (QED) is 0.852. The van der Waals surface area contributed by atoms with Crippen LogP contribution in [-0.4, -0.2) is 12.1 Å². The highest BCUT2D eigenvalue weighted by Crippen LogP contribution is 2.39. The summed E-state index contributed by atoms with van der Waals surface area (Å²) in [6, 6.07) is 8.14. The molecule has 1 aromatic carbocycles. The SMILES string of the molecule is NCC1(Nc2ccccc2Br)CC1. The second-order valence-corrected chi connectivity index (χ2v) is 4.44. The number of para-hydroxylation sites is 1. The van der Waals surface area contributed by atoms with E-state index in [0.717, 1.165) is 10.2 Å². The van der Waals surface area contributed by atoms with Gasteiger partial charge in [-0.25, -0.2) is 0 Å². The Kier molecular flexibility index (Phi) is 2.30. The molecule has 0 unspecified atom stereocenters. The number of nitrogens with one attached hydrogen (secondary N) is 1. The van der Waals surface area contributed by atoms with Crippen LogP contribution in [0, 0.1) is 0 Å².